The lowest BCUT2D eigenvalue weighted by Gasteiger charge is -2.15. The van der Waals surface area contributed by atoms with Crippen molar-refractivity contribution >= 4 is 20.9 Å². The van der Waals surface area contributed by atoms with E-state index >= 15 is 0 Å². The second-order valence-corrected chi connectivity index (χ2v) is 8.17. The first-order valence-corrected chi connectivity index (χ1v) is 10.0. The molecule has 0 amide bonds. The van der Waals surface area contributed by atoms with Crippen LogP contribution in [0, 0.1) is 18.6 Å². The highest BCUT2D eigenvalue weighted by Gasteiger charge is 2.30. The third kappa shape index (κ3) is 2.73. The third-order valence-corrected chi connectivity index (χ3v) is 6.59. The van der Waals surface area contributed by atoms with Gasteiger partial charge in [0.1, 0.15) is 18.2 Å². The summed E-state index contributed by atoms with van der Waals surface area (Å²) >= 11 is 0. The van der Waals surface area contributed by atoms with Crippen molar-refractivity contribution in [2.75, 3.05) is 20.3 Å². The van der Waals surface area contributed by atoms with Gasteiger partial charge in [-0.1, -0.05) is 6.07 Å². The number of rotatable bonds is 3. The van der Waals surface area contributed by atoms with Gasteiger partial charge in [0, 0.05) is 35.8 Å². The number of benzene rings is 2. The molecule has 9 heteroatoms. The summed E-state index contributed by atoms with van der Waals surface area (Å²) in [5, 5.41) is 3.82. The van der Waals surface area contributed by atoms with Gasteiger partial charge < -0.3 is 14.8 Å². The fraction of sp³-hybridized carbons (Fsp3) is 0.263. The summed E-state index contributed by atoms with van der Waals surface area (Å²) in [6.45, 7) is 3.08. The summed E-state index contributed by atoms with van der Waals surface area (Å²) in [5.41, 5.74) is 1.32. The van der Waals surface area contributed by atoms with Crippen LogP contribution in [0.15, 0.2) is 35.2 Å². The molecule has 2 aromatic carbocycles. The van der Waals surface area contributed by atoms with Crippen LogP contribution in [0.5, 0.6) is 11.5 Å². The molecule has 0 unspecified atom stereocenters. The lowest BCUT2D eigenvalue weighted by molar-refractivity contribution is 0.302. The number of hydrogen-bond acceptors (Lipinski definition) is 5. The van der Waals surface area contributed by atoms with Crippen LogP contribution in [-0.2, 0) is 16.6 Å². The number of methoxy groups -OCH3 is 1. The van der Waals surface area contributed by atoms with Gasteiger partial charge in [0.2, 0.25) is 0 Å². The number of hydrogen-bond donors (Lipinski definition) is 1. The molecule has 0 fully saturated rings. The monoisotopic (exact) mass is 408 g/mol. The Kier molecular flexibility index (Phi) is 4.51. The summed E-state index contributed by atoms with van der Waals surface area (Å²) in [6.07, 6.45) is 0. The van der Waals surface area contributed by atoms with Crippen molar-refractivity contribution in [2.45, 2.75) is 18.4 Å². The first-order chi connectivity index (χ1) is 13.4. The lowest BCUT2D eigenvalue weighted by atomic mass is 10.1. The largest absolute Gasteiger partial charge is 0.493 e. The zero-order valence-electron chi connectivity index (χ0n) is 15.3. The van der Waals surface area contributed by atoms with E-state index in [9.17, 15) is 17.2 Å². The van der Waals surface area contributed by atoms with Crippen LogP contribution < -0.4 is 14.8 Å². The van der Waals surface area contributed by atoms with Crippen molar-refractivity contribution in [1.29, 1.82) is 0 Å². The topological polar surface area (TPSA) is 69.6 Å². The van der Waals surface area contributed by atoms with Crippen LogP contribution in [0.25, 0.3) is 10.9 Å². The minimum Gasteiger partial charge on any atom is -0.493 e. The number of aromatic nitrogens is 1. The number of nitrogens with one attached hydrogen (secondary N) is 1. The number of aryl methyl sites for hydroxylation is 1. The Labute approximate surface area is 160 Å². The van der Waals surface area contributed by atoms with Crippen molar-refractivity contribution in [2.24, 2.45) is 0 Å². The number of nitrogens with zero attached hydrogens (tertiary/aromatic N) is 1. The molecule has 1 aromatic heterocycles. The summed E-state index contributed by atoms with van der Waals surface area (Å²) < 4.78 is 67.0. The van der Waals surface area contributed by atoms with E-state index in [2.05, 4.69) is 5.32 Å². The number of ether oxygens (including phenoxy) is 2. The van der Waals surface area contributed by atoms with Gasteiger partial charge >= 0.3 is 0 Å². The highest BCUT2D eigenvalue weighted by Crippen LogP contribution is 2.41. The molecule has 4 rings (SSSR count). The molecule has 0 saturated carbocycles. The molecule has 2 heterocycles. The standard InChI is InChI=1S/C19H18F2N2O4S/c1-11-8-12-13-10-22-6-7-27-18(13)17(26-2)9-16(12)23(11)28(24,25)19-14(20)4-3-5-15(19)21/h3-5,8-9,22H,6-7,10H2,1-2H3. The SMILES string of the molecule is COc1cc2c(cc(C)n2S(=O)(=O)c2c(F)cccc2F)c2c1OCCNC2. The van der Waals surface area contributed by atoms with E-state index in [-0.39, 0.29) is 5.52 Å². The van der Waals surface area contributed by atoms with E-state index in [0.717, 1.165) is 27.7 Å². The minimum atomic E-state index is -4.53. The third-order valence-electron chi connectivity index (χ3n) is 4.72. The smallest absolute Gasteiger partial charge is 0.274 e. The van der Waals surface area contributed by atoms with Crippen molar-refractivity contribution in [1.82, 2.24) is 9.29 Å². The molecule has 0 aliphatic carbocycles. The molecular formula is C19H18F2N2O4S. The minimum absolute atomic E-state index is 0.267. The number of halogens is 2. The van der Waals surface area contributed by atoms with Gasteiger partial charge in [-0.15, -0.1) is 0 Å². The van der Waals surface area contributed by atoms with Gasteiger partial charge in [-0.05, 0) is 25.1 Å². The molecule has 1 aliphatic rings. The van der Waals surface area contributed by atoms with E-state index in [1.807, 2.05) is 0 Å². The zero-order valence-corrected chi connectivity index (χ0v) is 16.1. The highest BCUT2D eigenvalue weighted by molar-refractivity contribution is 7.90. The van der Waals surface area contributed by atoms with E-state index in [4.69, 9.17) is 9.47 Å². The first kappa shape index (κ1) is 18.7. The van der Waals surface area contributed by atoms with Crippen LogP contribution >= 0.6 is 0 Å². The summed E-state index contributed by atoms with van der Waals surface area (Å²) in [4.78, 5) is -0.987. The first-order valence-electron chi connectivity index (χ1n) is 8.61. The van der Waals surface area contributed by atoms with Gasteiger partial charge in [0.15, 0.2) is 16.4 Å². The summed E-state index contributed by atoms with van der Waals surface area (Å²) in [7, 11) is -3.07. The average molecular weight is 408 g/mol. The summed E-state index contributed by atoms with van der Waals surface area (Å²) in [6, 6.07) is 6.14. The van der Waals surface area contributed by atoms with Gasteiger partial charge in [0.05, 0.1) is 12.6 Å². The number of fused-ring (bicyclic) bond motifs is 3. The maximum absolute atomic E-state index is 14.3. The Bertz CT molecular complexity index is 1170. The summed E-state index contributed by atoms with van der Waals surface area (Å²) in [5.74, 6) is -1.40. The van der Waals surface area contributed by atoms with E-state index in [1.54, 1.807) is 13.0 Å². The molecular weight excluding hydrogens is 390 g/mol. The Morgan fingerprint density at radius 3 is 2.61 bits per heavy atom. The predicted molar refractivity (Wildman–Crippen MR) is 99.4 cm³/mol. The average Bonchev–Trinajstić information content (AvgIpc) is 2.81. The van der Waals surface area contributed by atoms with Crippen LogP contribution in [0.2, 0.25) is 0 Å². The molecule has 0 atom stereocenters. The predicted octanol–water partition coefficient (Wildman–Crippen LogP) is 2.96. The molecule has 148 valence electrons. The highest BCUT2D eigenvalue weighted by atomic mass is 32.2. The van der Waals surface area contributed by atoms with Crippen molar-refractivity contribution in [3.8, 4) is 11.5 Å². The molecule has 0 spiro atoms. The second-order valence-electron chi connectivity index (χ2n) is 6.45. The molecule has 1 N–H and O–H groups in total. The van der Waals surface area contributed by atoms with Crippen LogP contribution in [-0.4, -0.2) is 32.7 Å². The van der Waals surface area contributed by atoms with E-state index in [1.165, 1.54) is 13.2 Å². The molecule has 0 saturated heterocycles. The Morgan fingerprint density at radius 2 is 1.93 bits per heavy atom. The fourth-order valence-corrected chi connectivity index (χ4v) is 5.20. The van der Waals surface area contributed by atoms with Gasteiger partial charge in [-0.25, -0.2) is 21.2 Å². The zero-order chi connectivity index (χ0) is 20.1. The Morgan fingerprint density at radius 1 is 1.21 bits per heavy atom. The van der Waals surface area contributed by atoms with Gasteiger partial charge in [-0.3, -0.25) is 0 Å². The van der Waals surface area contributed by atoms with Crippen molar-refractivity contribution in [3.63, 3.8) is 0 Å². The van der Waals surface area contributed by atoms with Crippen LogP contribution in [0.1, 0.15) is 11.3 Å². The van der Waals surface area contributed by atoms with Crippen molar-refractivity contribution < 1.29 is 26.7 Å². The normalized spacial score (nSPS) is 14.4. The van der Waals surface area contributed by atoms with Crippen LogP contribution in [0.4, 0.5) is 8.78 Å². The Hall–Kier alpha value is -2.65. The molecule has 3 aromatic rings. The molecule has 6 nitrogen and oxygen atoms in total. The maximum atomic E-state index is 14.3. The Balaban J connectivity index is 2.06. The molecule has 0 bridgehead atoms. The van der Waals surface area contributed by atoms with Gasteiger partial charge in [-0.2, -0.15) is 0 Å². The molecule has 0 radical (unpaired) electrons. The second kappa shape index (κ2) is 6.75. The van der Waals surface area contributed by atoms with E-state index < -0.39 is 26.6 Å². The van der Waals surface area contributed by atoms with E-state index in [0.29, 0.717) is 42.3 Å². The fourth-order valence-electron chi connectivity index (χ4n) is 3.54. The molecule has 1 aliphatic heterocycles. The molecule has 28 heavy (non-hydrogen) atoms. The maximum Gasteiger partial charge on any atom is 0.274 e. The lowest BCUT2D eigenvalue weighted by Crippen LogP contribution is -2.17. The van der Waals surface area contributed by atoms with Gasteiger partial charge in [0.25, 0.3) is 10.0 Å². The van der Waals surface area contributed by atoms with Crippen molar-refractivity contribution in [3.05, 3.63) is 53.2 Å². The van der Waals surface area contributed by atoms with Crippen LogP contribution in [0.3, 0.4) is 0 Å². The quantitative estimate of drug-likeness (QED) is 0.722.